The first-order valence-corrected chi connectivity index (χ1v) is 9.53. The molecule has 0 saturated carbocycles. The Morgan fingerprint density at radius 2 is 1.56 bits per heavy atom. The predicted molar refractivity (Wildman–Crippen MR) is 114 cm³/mol. The first-order chi connectivity index (χ1) is 15.5. The summed E-state index contributed by atoms with van der Waals surface area (Å²) in [5, 5.41) is 11.4. The van der Waals surface area contributed by atoms with Crippen LogP contribution in [0, 0.1) is 11.3 Å². The molecule has 3 aromatic rings. The summed E-state index contributed by atoms with van der Waals surface area (Å²) in [7, 11) is 0. The standard InChI is InChI=1S/C24H15N3O5/c25-13-15-4-3-5-17(12-15)26-21(28)14-32-24(31)16-8-10-18(11-9-16)27-22(29)19-6-1-2-7-20(19)23(27)30/h1-12H,14H2,(H,26,28). The van der Waals surface area contributed by atoms with Gasteiger partial charge in [-0.15, -0.1) is 0 Å². The van der Waals surface area contributed by atoms with Gasteiger partial charge >= 0.3 is 5.97 Å². The molecule has 1 N–H and O–H groups in total. The van der Waals surface area contributed by atoms with Gasteiger partial charge in [0.1, 0.15) is 0 Å². The fraction of sp³-hybridized carbons (Fsp3) is 0.0417. The van der Waals surface area contributed by atoms with E-state index < -0.39 is 30.3 Å². The first-order valence-electron chi connectivity index (χ1n) is 9.53. The van der Waals surface area contributed by atoms with Crippen molar-refractivity contribution in [2.75, 3.05) is 16.8 Å². The van der Waals surface area contributed by atoms with Gasteiger partial charge in [0.25, 0.3) is 17.7 Å². The Hall–Kier alpha value is -4.77. The summed E-state index contributed by atoms with van der Waals surface area (Å²) in [4.78, 5) is 50.4. The highest BCUT2D eigenvalue weighted by molar-refractivity contribution is 6.34. The van der Waals surface area contributed by atoms with Crippen molar-refractivity contribution in [1.29, 1.82) is 5.26 Å². The number of carbonyl (C=O) groups is 4. The van der Waals surface area contributed by atoms with E-state index in [-0.39, 0.29) is 5.56 Å². The molecule has 0 bridgehead atoms. The maximum atomic E-state index is 12.5. The van der Waals surface area contributed by atoms with Crippen LogP contribution in [0.25, 0.3) is 0 Å². The molecule has 1 heterocycles. The van der Waals surface area contributed by atoms with Crippen LogP contribution in [0.1, 0.15) is 36.6 Å². The maximum Gasteiger partial charge on any atom is 0.338 e. The number of esters is 1. The molecule has 0 saturated heterocycles. The fourth-order valence-electron chi connectivity index (χ4n) is 3.25. The van der Waals surface area contributed by atoms with Gasteiger partial charge < -0.3 is 10.1 Å². The van der Waals surface area contributed by atoms with E-state index in [9.17, 15) is 19.2 Å². The molecule has 4 rings (SSSR count). The zero-order valence-electron chi connectivity index (χ0n) is 16.6. The number of nitrogens with one attached hydrogen (secondary N) is 1. The maximum absolute atomic E-state index is 12.5. The molecular weight excluding hydrogens is 410 g/mol. The second kappa shape index (κ2) is 8.53. The highest BCUT2D eigenvalue weighted by Gasteiger charge is 2.36. The lowest BCUT2D eigenvalue weighted by atomic mass is 10.1. The first kappa shape index (κ1) is 20.5. The van der Waals surface area contributed by atoms with E-state index in [1.807, 2.05) is 6.07 Å². The number of ether oxygens (including phenoxy) is 1. The summed E-state index contributed by atoms with van der Waals surface area (Å²) in [6, 6.07) is 20.6. The number of hydrogen-bond acceptors (Lipinski definition) is 6. The Morgan fingerprint density at radius 1 is 0.906 bits per heavy atom. The van der Waals surface area contributed by atoms with E-state index in [2.05, 4.69) is 5.32 Å². The number of nitrogens with zero attached hydrogens (tertiary/aromatic N) is 2. The average molecular weight is 425 g/mol. The van der Waals surface area contributed by atoms with Crippen molar-refractivity contribution in [1.82, 2.24) is 0 Å². The molecule has 0 radical (unpaired) electrons. The van der Waals surface area contributed by atoms with Crippen molar-refractivity contribution in [2.24, 2.45) is 0 Å². The molecule has 8 nitrogen and oxygen atoms in total. The van der Waals surface area contributed by atoms with Gasteiger partial charge in [-0.05, 0) is 54.6 Å². The molecule has 32 heavy (non-hydrogen) atoms. The number of fused-ring (bicyclic) bond motifs is 1. The van der Waals surface area contributed by atoms with E-state index in [4.69, 9.17) is 10.00 Å². The van der Waals surface area contributed by atoms with Crippen LogP contribution in [-0.4, -0.2) is 30.3 Å². The van der Waals surface area contributed by atoms with Gasteiger partial charge in [-0.2, -0.15) is 5.26 Å². The number of nitriles is 1. The molecule has 1 aliphatic heterocycles. The number of hydrogen-bond donors (Lipinski definition) is 1. The topological polar surface area (TPSA) is 117 Å². The van der Waals surface area contributed by atoms with Crippen LogP contribution in [0.15, 0.2) is 72.8 Å². The molecule has 0 atom stereocenters. The minimum Gasteiger partial charge on any atom is -0.452 e. The van der Waals surface area contributed by atoms with Gasteiger partial charge in [-0.3, -0.25) is 14.4 Å². The smallest absolute Gasteiger partial charge is 0.338 e. The largest absolute Gasteiger partial charge is 0.452 e. The van der Waals surface area contributed by atoms with Crippen molar-refractivity contribution >= 4 is 35.1 Å². The minimum atomic E-state index is -0.736. The van der Waals surface area contributed by atoms with Crippen molar-refractivity contribution in [3.05, 3.63) is 95.1 Å². The Labute approximate surface area is 182 Å². The molecule has 3 amide bonds. The lowest BCUT2D eigenvalue weighted by Gasteiger charge is -2.14. The highest BCUT2D eigenvalue weighted by atomic mass is 16.5. The molecule has 0 spiro atoms. The van der Waals surface area contributed by atoms with Gasteiger partial charge in [0.2, 0.25) is 0 Å². The number of benzene rings is 3. The van der Waals surface area contributed by atoms with Crippen LogP contribution >= 0.6 is 0 Å². The van der Waals surface area contributed by atoms with Gasteiger partial charge in [0.05, 0.1) is 34.0 Å². The zero-order valence-corrected chi connectivity index (χ0v) is 16.6. The third-order valence-electron chi connectivity index (χ3n) is 4.77. The van der Waals surface area contributed by atoms with Crippen molar-refractivity contribution in [3.63, 3.8) is 0 Å². The van der Waals surface area contributed by atoms with Gasteiger partial charge in [0.15, 0.2) is 6.61 Å². The SMILES string of the molecule is N#Cc1cccc(NC(=O)COC(=O)c2ccc(N3C(=O)c4ccccc4C3=O)cc2)c1. The summed E-state index contributed by atoms with van der Waals surface area (Å²) in [6.45, 7) is -0.518. The summed E-state index contributed by atoms with van der Waals surface area (Å²) in [5.41, 5.74) is 1.93. The second-order valence-corrected chi connectivity index (χ2v) is 6.86. The lowest BCUT2D eigenvalue weighted by Crippen LogP contribution is -2.29. The number of carbonyl (C=O) groups excluding carboxylic acids is 4. The fourth-order valence-corrected chi connectivity index (χ4v) is 3.25. The van der Waals surface area contributed by atoms with E-state index >= 15 is 0 Å². The summed E-state index contributed by atoms with van der Waals surface area (Å²) >= 11 is 0. The van der Waals surface area contributed by atoms with Crippen LogP contribution < -0.4 is 10.2 Å². The Balaban J connectivity index is 1.38. The molecule has 0 aromatic heterocycles. The minimum absolute atomic E-state index is 0.157. The number of amides is 3. The molecule has 0 fully saturated rings. The van der Waals surface area contributed by atoms with Crippen LogP contribution in [0.3, 0.4) is 0 Å². The van der Waals surface area contributed by atoms with Crippen molar-refractivity contribution in [3.8, 4) is 6.07 Å². The normalized spacial score (nSPS) is 12.2. The van der Waals surface area contributed by atoms with Crippen LogP contribution in [0.5, 0.6) is 0 Å². The van der Waals surface area contributed by atoms with E-state index in [0.29, 0.717) is 28.1 Å². The summed E-state index contributed by atoms with van der Waals surface area (Å²) in [6.07, 6.45) is 0. The molecule has 8 heteroatoms. The molecule has 1 aliphatic rings. The molecule has 0 aliphatic carbocycles. The average Bonchev–Trinajstić information content (AvgIpc) is 3.08. The third-order valence-corrected chi connectivity index (χ3v) is 4.77. The Kier molecular flexibility index (Phi) is 5.47. The van der Waals surface area contributed by atoms with E-state index in [1.165, 1.54) is 30.3 Å². The van der Waals surface area contributed by atoms with E-state index in [1.54, 1.807) is 42.5 Å². The monoisotopic (exact) mass is 425 g/mol. The van der Waals surface area contributed by atoms with Crippen LogP contribution in [0.4, 0.5) is 11.4 Å². The lowest BCUT2D eigenvalue weighted by molar-refractivity contribution is -0.119. The van der Waals surface area contributed by atoms with Crippen molar-refractivity contribution < 1.29 is 23.9 Å². The summed E-state index contributed by atoms with van der Waals surface area (Å²) < 4.78 is 5.01. The van der Waals surface area contributed by atoms with Crippen LogP contribution in [0.2, 0.25) is 0 Å². The zero-order chi connectivity index (χ0) is 22.7. The Bertz CT molecular complexity index is 1260. The van der Waals surface area contributed by atoms with E-state index in [0.717, 1.165) is 4.90 Å². The molecule has 156 valence electrons. The second-order valence-electron chi connectivity index (χ2n) is 6.86. The van der Waals surface area contributed by atoms with Gasteiger partial charge in [-0.25, -0.2) is 9.69 Å². The number of rotatable bonds is 5. The number of imide groups is 1. The summed E-state index contributed by atoms with van der Waals surface area (Å²) in [5.74, 6) is -2.16. The predicted octanol–water partition coefficient (Wildman–Crippen LogP) is 3.15. The Morgan fingerprint density at radius 3 is 2.19 bits per heavy atom. The molecular formula is C24H15N3O5. The van der Waals surface area contributed by atoms with Gasteiger partial charge in [0, 0.05) is 5.69 Å². The van der Waals surface area contributed by atoms with Crippen molar-refractivity contribution in [2.45, 2.75) is 0 Å². The number of anilines is 2. The van der Waals surface area contributed by atoms with Gasteiger partial charge in [-0.1, -0.05) is 18.2 Å². The molecule has 0 unspecified atom stereocenters. The molecule has 3 aromatic carbocycles. The quantitative estimate of drug-likeness (QED) is 0.496. The highest BCUT2D eigenvalue weighted by Crippen LogP contribution is 2.28. The van der Waals surface area contributed by atoms with Crippen LogP contribution in [-0.2, 0) is 9.53 Å². The third kappa shape index (κ3) is 3.95.